The predicted octanol–water partition coefficient (Wildman–Crippen LogP) is 3.32. The molecule has 1 N–H and O–H groups in total. The second kappa shape index (κ2) is 5.19. The number of methoxy groups -OCH3 is 1. The minimum absolute atomic E-state index is 0.512. The largest absolute Gasteiger partial charge is 0.497 e. The number of fused-ring (bicyclic) bond motifs is 1. The van der Waals surface area contributed by atoms with E-state index in [1.54, 1.807) is 21.0 Å². The number of rotatable bonds is 5. The summed E-state index contributed by atoms with van der Waals surface area (Å²) >= 11 is 0. The van der Waals surface area contributed by atoms with Crippen molar-refractivity contribution in [3.8, 4) is 5.75 Å². The van der Waals surface area contributed by atoms with Crippen molar-refractivity contribution in [3.63, 3.8) is 0 Å². The van der Waals surface area contributed by atoms with Crippen LogP contribution in [0.25, 0.3) is 10.9 Å². The first kappa shape index (κ1) is 14.4. The van der Waals surface area contributed by atoms with E-state index in [4.69, 9.17) is 4.74 Å². The first-order valence-electron chi connectivity index (χ1n) is 6.78. The number of carboxylic acid groups (broad SMARTS) is 1. The Hall–Kier alpha value is -1.97. The van der Waals surface area contributed by atoms with Gasteiger partial charge in [0, 0.05) is 24.2 Å². The number of aryl methyl sites for hydroxylation is 1. The molecule has 0 saturated carbocycles. The van der Waals surface area contributed by atoms with E-state index in [0.29, 0.717) is 6.42 Å². The Bertz CT molecular complexity index is 640. The molecule has 0 saturated heterocycles. The molecule has 4 heteroatoms. The summed E-state index contributed by atoms with van der Waals surface area (Å²) in [4.78, 5) is 11.3. The molecule has 4 nitrogen and oxygen atoms in total. The Morgan fingerprint density at radius 1 is 1.40 bits per heavy atom. The van der Waals surface area contributed by atoms with E-state index >= 15 is 0 Å². The minimum Gasteiger partial charge on any atom is -0.497 e. The summed E-state index contributed by atoms with van der Waals surface area (Å²) < 4.78 is 7.39. The number of carboxylic acids is 1. The summed E-state index contributed by atoms with van der Waals surface area (Å²) in [6.07, 6.45) is 2.56. The Labute approximate surface area is 119 Å². The zero-order valence-corrected chi connectivity index (χ0v) is 12.4. The number of aliphatic carboxylic acids is 1. The molecule has 1 aromatic carbocycles. The molecule has 0 spiro atoms. The highest BCUT2D eigenvalue weighted by atomic mass is 16.5. The zero-order chi connectivity index (χ0) is 14.9. The second-order valence-corrected chi connectivity index (χ2v) is 5.69. The predicted molar refractivity (Wildman–Crippen MR) is 79.3 cm³/mol. The second-order valence-electron chi connectivity index (χ2n) is 5.69. The van der Waals surface area contributed by atoms with Gasteiger partial charge in [-0.3, -0.25) is 4.79 Å². The molecule has 0 aliphatic carbocycles. The maximum absolute atomic E-state index is 11.3. The van der Waals surface area contributed by atoms with Gasteiger partial charge in [0.2, 0.25) is 0 Å². The third kappa shape index (κ3) is 2.50. The van der Waals surface area contributed by atoms with Crippen LogP contribution in [-0.4, -0.2) is 22.8 Å². The van der Waals surface area contributed by atoms with Crippen LogP contribution in [0.3, 0.4) is 0 Å². The van der Waals surface area contributed by atoms with E-state index in [1.807, 2.05) is 18.2 Å². The summed E-state index contributed by atoms with van der Waals surface area (Å²) in [6.45, 7) is 6.43. The standard InChI is InChI=1S/C16H21NO3/c1-5-17-10-11(9-16(2,3)15(18)19)13-7-6-12(20-4)8-14(13)17/h6-8,10H,5,9H2,1-4H3,(H,18,19). The molecule has 108 valence electrons. The molecule has 0 aliphatic rings. The summed E-state index contributed by atoms with van der Waals surface area (Å²) in [6, 6.07) is 5.92. The highest BCUT2D eigenvalue weighted by Crippen LogP contribution is 2.31. The minimum atomic E-state index is -0.775. The first-order valence-corrected chi connectivity index (χ1v) is 6.78. The normalized spacial score (nSPS) is 11.8. The van der Waals surface area contributed by atoms with Gasteiger partial charge in [-0.15, -0.1) is 0 Å². The van der Waals surface area contributed by atoms with E-state index in [1.165, 1.54) is 0 Å². The maximum Gasteiger partial charge on any atom is 0.309 e. The molecule has 0 bridgehead atoms. The van der Waals surface area contributed by atoms with Gasteiger partial charge >= 0.3 is 5.97 Å². The summed E-state index contributed by atoms with van der Waals surface area (Å²) in [5.41, 5.74) is 1.38. The van der Waals surface area contributed by atoms with Crippen molar-refractivity contribution in [1.29, 1.82) is 0 Å². The molecular weight excluding hydrogens is 254 g/mol. The molecule has 0 radical (unpaired) electrons. The van der Waals surface area contributed by atoms with Crippen LogP contribution in [-0.2, 0) is 17.8 Å². The number of aromatic nitrogens is 1. The van der Waals surface area contributed by atoms with Crippen molar-refractivity contribution in [1.82, 2.24) is 4.57 Å². The SMILES string of the molecule is CCn1cc(CC(C)(C)C(=O)O)c2ccc(OC)cc21. The number of hydrogen-bond donors (Lipinski definition) is 1. The lowest BCUT2D eigenvalue weighted by Crippen LogP contribution is -2.26. The Morgan fingerprint density at radius 2 is 2.10 bits per heavy atom. The molecule has 0 amide bonds. The van der Waals surface area contributed by atoms with Crippen LogP contribution >= 0.6 is 0 Å². The fourth-order valence-electron chi connectivity index (χ4n) is 2.43. The van der Waals surface area contributed by atoms with Crippen molar-refractivity contribution >= 4 is 16.9 Å². The molecule has 0 unspecified atom stereocenters. The van der Waals surface area contributed by atoms with E-state index in [0.717, 1.165) is 28.8 Å². The van der Waals surface area contributed by atoms with E-state index in [-0.39, 0.29) is 0 Å². The lowest BCUT2D eigenvalue weighted by Gasteiger charge is -2.18. The average molecular weight is 275 g/mol. The van der Waals surface area contributed by atoms with Crippen molar-refractivity contribution in [2.45, 2.75) is 33.7 Å². The lowest BCUT2D eigenvalue weighted by atomic mass is 9.86. The van der Waals surface area contributed by atoms with Crippen molar-refractivity contribution < 1.29 is 14.6 Å². The first-order chi connectivity index (χ1) is 9.39. The van der Waals surface area contributed by atoms with E-state index < -0.39 is 11.4 Å². The third-order valence-corrected chi connectivity index (χ3v) is 3.72. The molecule has 1 heterocycles. The molecule has 0 fully saturated rings. The van der Waals surface area contributed by atoms with Gasteiger partial charge in [-0.1, -0.05) is 0 Å². The Morgan fingerprint density at radius 3 is 2.65 bits per heavy atom. The highest BCUT2D eigenvalue weighted by Gasteiger charge is 2.28. The van der Waals surface area contributed by atoms with Gasteiger partial charge in [0.1, 0.15) is 5.75 Å². The number of hydrogen-bond acceptors (Lipinski definition) is 2. The fraction of sp³-hybridized carbons (Fsp3) is 0.438. The number of carbonyl (C=O) groups is 1. The van der Waals surface area contributed by atoms with Crippen molar-refractivity contribution in [2.75, 3.05) is 7.11 Å². The molecule has 0 aliphatic heterocycles. The smallest absolute Gasteiger partial charge is 0.309 e. The molecule has 1 aromatic heterocycles. The molecule has 2 aromatic rings. The molecule has 2 rings (SSSR count). The quantitative estimate of drug-likeness (QED) is 0.910. The van der Waals surface area contributed by atoms with Crippen molar-refractivity contribution in [3.05, 3.63) is 30.0 Å². The van der Waals surface area contributed by atoms with Crippen LogP contribution in [0.1, 0.15) is 26.3 Å². The Kier molecular flexibility index (Phi) is 3.75. The average Bonchev–Trinajstić information content (AvgIpc) is 2.75. The third-order valence-electron chi connectivity index (χ3n) is 3.72. The van der Waals surface area contributed by atoms with Gasteiger partial charge in [-0.25, -0.2) is 0 Å². The van der Waals surface area contributed by atoms with Gasteiger partial charge in [0.05, 0.1) is 18.0 Å². The molecule has 0 atom stereocenters. The maximum atomic E-state index is 11.3. The van der Waals surface area contributed by atoms with E-state index in [9.17, 15) is 9.90 Å². The number of nitrogens with zero attached hydrogens (tertiary/aromatic N) is 1. The summed E-state index contributed by atoms with van der Waals surface area (Å²) in [5, 5.41) is 10.4. The summed E-state index contributed by atoms with van der Waals surface area (Å²) in [7, 11) is 1.65. The van der Waals surface area contributed by atoms with Gasteiger partial charge in [-0.2, -0.15) is 0 Å². The lowest BCUT2D eigenvalue weighted by molar-refractivity contribution is -0.146. The van der Waals surface area contributed by atoms with Crippen molar-refractivity contribution in [2.24, 2.45) is 5.41 Å². The van der Waals surface area contributed by atoms with Crippen LogP contribution in [0.4, 0.5) is 0 Å². The topological polar surface area (TPSA) is 51.5 Å². The number of benzene rings is 1. The van der Waals surface area contributed by atoms with Gasteiger partial charge in [0.25, 0.3) is 0 Å². The number of ether oxygens (including phenoxy) is 1. The van der Waals surface area contributed by atoms with Gasteiger partial charge in [-0.05, 0) is 44.9 Å². The highest BCUT2D eigenvalue weighted by molar-refractivity contribution is 5.86. The fourth-order valence-corrected chi connectivity index (χ4v) is 2.43. The van der Waals surface area contributed by atoms with Crippen LogP contribution < -0.4 is 4.74 Å². The summed E-state index contributed by atoms with van der Waals surface area (Å²) in [5.74, 6) is 0.0396. The van der Waals surface area contributed by atoms with Crippen LogP contribution in [0, 0.1) is 5.41 Å². The van der Waals surface area contributed by atoms with Gasteiger partial charge in [0.15, 0.2) is 0 Å². The van der Waals surface area contributed by atoms with Crippen LogP contribution in [0.5, 0.6) is 5.75 Å². The monoisotopic (exact) mass is 275 g/mol. The molecular formula is C16H21NO3. The van der Waals surface area contributed by atoms with Crippen LogP contribution in [0.15, 0.2) is 24.4 Å². The van der Waals surface area contributed by atoms with E-state index in [2.05, 4.69) is 17.7 Å². The van der Waals surface area contributed by atoms with Gasteiger partial charge < -0.3 is 14.4 Å². The zero-order valence-electron chi connectivity index (χ0n) is 12.4. The van der Waals surface area contributed by atoms with Crippen LogP contribution in [0.2, 0.25) is 0 Å². The Balaban J connectivity index is 2.52. The molecule has 20 heavy (non-hydrogen) atoms.